The number of esters is 2. The van der Waals surface area contributed by atoms with Crippen molar-refractivity contribution in [2.45, 2.75) is 65.7 Å². The Hall–Kier alpha value is -1.84. The molecule has 0 heterocycles. The van der Waals surface area contributed by atoms with Crippen molar-refractivity contribution in [3.05, 3.63) is 35.4 Å². The van der Waals surface area contributed by atoms with E-state index in [0.717, 1.165) is 25.7 Å². The number of carbonyl (C=O) groups is 2. The molecule has 1 aromatic carbocycles. The lowest BCUT2D eigenvalue weighted by molar-refractivity contribution is 0.0428. The van der Waals surface area contributed by atoms with E-state index in [0.29, 0.717) is 30.3 Å². The molecule has 1 atom stereocenters. The minimum absolute atomic E-state index is 0.378. The first-order chi connectivity index (χ1) is 12.1. The van der Waals surface area contributed by atoms with Gasteiger partial charge in [-0.05, 0) is 37.0 Å². The Morgan fingerprint density at radius 1 is 0.920 bits per heavy atom. The van der Waals surface area contributed by atoms with Crippen LogP contribution in [0, 0.1) is 5.92 Å². The average Bonchev–Trinajstić information content (AvgIpc) is 2.64. The van der Waals surface area contributed by atoms with E-state index in [-0.39, 0.29) is 5.97 Å². The van der Waals surface area contributed by atoms with E-state index >= 15 is 0 Å². The summed E-state index contributed by atoms with van der Waals surface area (Å²) >= 11 is 0. The van der Waals surface area contributed by atoms with E-state index in [1.54, 1.807) is 24.3 Å². The third-order valence-corrected chi connectivity index (χ3v) is 4.31. The average molecular weight is 348 g/mol. The normalized spacial score (nSPS) is 11.8. The number of unbranched alkanes of at least 4 members (excludes halogenated alkanes) is 3. The number of ether oxygens (including phenoxy) is 2. The Morgan fingerprint density at radius 2 is 1.56 bits per heavy atom. The number of hydrogen-bond acceptors (Lipinski definition) is 4. The summed E-state index contributed by atoms with van der Waals surface area (Å²) in [6.07, 6.45) is 7.47. The zero-order valence-electron chi connectivity index (χ0n) is 15.9. The fraction of sp³-hybridized carbons (Fsp3) is 0.619. The molecule has 0 aliphatic carbocycles. The molecule has 0 aliphatic heterocycles. The van der Waals surface area contributed by atoms with Crippen LogP contribution in [0.1, 0.15) is 86.4 Å². The molecule has 4 heteroatoms. The van der Waals surface area contributed by atoms with Gasteiger partial charge in [-0.3, -0.25) is 0 Å². The van der Waals surface area contributed by atoms with E-state index < -0.39 is 5.97 Å². The molecule has 0 saturated carbocycles. The van der Waals surface area contributed by atoms with E-state index in [1.807, 2.05) is 6.92 Å². The Balaban J connectivity index is 2.54. The number of benzene rings is 1. The number of rotatable bonds is 12. The smallest absolute Gasteiger partial charge is 0.338 e. The highest BCUT2D eigenvalue weighted by Crippen LogP contribution is 2.15. The van der Waals surface area contributed by atoms with Crippen LogP contribution in [-0.4, -0.2) is 25.2 Å². The maximum absolute atomic E-state index is 12.3. The Labute approximate surface area is 151 Å². The molecule has 0 bridgehead atoms. The first kappa shape index (κ1) is 21.2. The van der Waals surface area contributed by atoms with Crippen LogP contribution in [0.3, 0.4) is 0 Å². The zero-order valence-corrected chi connectivity index (χ0v) is 15.9. The van der Waals surface area contributed by atoms with E-state index in [2.05, 4.69) is 13.8 Å². The second kappa shape index (κ2) is 12.5. The molecule has 0 aromatic heterocycles. The summed E-state index contributed by atoms with van der Waals surface area (Å²) in [4.78, 5) is 24.2. The van der Waals surface area contributed by atoms with Gasteiger partial charge in [0.2, 0.25) is 0 Å². The molecule has 25 heavy (non-hydrogen) atoms. The van der Waals surface area contributed by atoms with Gasteiger partial charge in [0, 0.05) is 0 Å². The minimum Gasteiger partial charge on any atom is -0.462 e. The van der Waals surface area contributed by atoms with Gasteiger partial charge in [0.25, 0.3) is 0 Å². The minimum atomic E-state index is -0.394. The van der Waals surface area contributed by atoms with Gasteiger partial charge in [-0.2, -0.15) is 0 Å². The SMILES string of the molecule is CCCCCC(CC)COC(=O)c1cccc(C(=O)OCCCC)c1. The topological polar surface area (TPSA) is 52.6 Å². The molecule has 1 rings (SSSR count). The van der Waals surface area contributed by atoms with Crippen molar-refractivity contribution in [1.82, 2.24) is 0 Å². The van der Waals surface area contributed by atoms with Crippen LogP contribution in [0.2, 0.25) is 0 Å². The summed E-state index contributed by atoms with van der Waals surface area (Å²) in [5.74, 6) is -0.371. The Morgan fingerprint density at radius 3 is 2.16 bits per heavy atom. The first-order valence-corrected chi connectivity index (χ1v) is 9.56. The summed E-state index contributed by atoms with van der Waals surface area (Å²) in [6, 6.07) is 6.56. The molecule has 4 nitrogen and oxygen atoms in total. The lowest BCUT2D eigenvalue weighted by atomic mass is 10.00. The Kier molecular flexibility index (Phi) is 10.6. The third kappa shape index (κ3) is 8.19. The molecule has 140 valence electrons. The molecule has 0 saturated heterocycles. The number of carbonyl (C=O) groups excluding carboxylic acids is 2. The van der Waals surface area contributed by atoms with Crippen LogP contribution < -0.4 is 0 Å². The van der Waals surface area contributed by atoms with Crippen molar-refractivity contribution in [3.63, 3.8) is 0 Å². The van der Waals surface area contributed by atoms with Gasteiger partial charge in [0.05, 0.1) is 24.3 Å². The van der Waals surface area contributed by atoms with Crippen molar-refractivity contribution < 1.29 is 19.1 Å². The van der Waals surface area contributed by atoms with Gasteiger partial charge in [-0.15, -0.1) is 0 Å². The number of hydrogen-bond donors (Lipinski definition) is 0. The van der Waals surface area contributed by atoms with Crippen LogP contribution in [0.15, 0.2) is 24.3 Å². The second-order valence-corrected chi connectivity index (χ2v) is 6.44. The fourth-order valence-electron chi connectivity index (χ4n) is 2.53. The van der Waals surface area contributed by atoms with Crippen molar-refractivity contribution in [1.29, 1.82) is 0 Å². The first-order valence-electron chi connectivity index (χ1n) is 9.56. The molecule has 0 N–H and O–H groups in total. The molecule has 1 unspecified atom stereocenters. The van der Waals surface area contributed by atoms with Gasteiger partial charge >= 0.3 is 11.9 Å². The monoisotopic (exact) mass is 348 g/mol. The highest BCUT2D eigenvalue weighted by Gasteiger charge is 2.14. The van der Waals surface area contributed by atoms with E-state index in [9.17, 15) is 9.59 Å². The standard InChI is InChI=1S/C21H32O4/c1-4-7-9-11-17(6-3)16-25-21(23)19-13-10-12-18(15-19)20(22)24-14-8-5-2/h10,12-13,15,17H,4-9,11,14,16H2,1-3H3. The van der Waals surface area contributed by atoms with Gasteiger partial charge < -0.3 is 9.47 Å². The maximum atomic E-state index is 12.3. The van der Waals surface area contributed by atoms with Crippen LogP contribution in [0.5, 0.6) is 0 Å². The van der Waals surface area contributed by atoms with Gasteiger partial charge in [-0.25, -0.2) is 9.59 Å². The molecule has 1 aromatic rings. The quantitative estimate of drug-likeness (QED) is 0.374. The fourth-order valence-corrected chi connectivity index (χ4v) is 2.53. The molecule has 0 fully saturated rings. The van der Waals surface area contributed by atoms with E-state index in [1.165, 1.54) is 19.3 Å². The maximum Gasteiger partial charge on any atom is 0.338 e. The Bertz CT molecular complexity index is 524. The summed E-state index contributed by atoms with van der Waals surface area (Å²) in [5, 5.41) is 0. The molecule has 0 amide bonds. The van der Waals surface area contributed by atoms with Crippen molar-refractivity contribution in [2.24, 2.45) is 5.92 Å². The summed E-state index contributed by atoms with van der Waals surface area (Å²) < 4.78 is 10.6. The molecular formula is C21H32O4. The van der Waals surface area contributed by atoms with Crippen LogP contribution >= 0.6 is 0 Å². The van der Waals surface area contributed by atoms with Crippen LogP contribution in [0.4, 0.5) is 0 Å². The van der Waals surface area contributed by atoms with Crippen molar-refractivity contribution >= 4 is 11.9 Å². The zero-order chi connectivity index (χ0) is 18.5. The largest absolute Gasteiger partial charge is 0.462 e. The van der Waals surface area contributed by atoms with Crippen molar-refractivity contribution in [2.75, 3.05) is 13.2 Å². The van der Waals surface area contributed by atoms with Gasteiger partial charge in [0.1, 0.15) is 0 Å². The van der Waals surface area contributed by atoms with E-state index in [4.69, 9.17) is 9.47 Å². The predicted molar refractivity (Wildman–Crippen MR) is 99.8 cm³/mol. The molecule has 0 spiro atoms. The summed E-state index contributed by atoms with van der Waals surface area (Å²) in [7, 11) is 0. The van der Waals surface area contributed by atoms with Crippen LogP contribution in [-0.2, 0) is 9.47 Å². The summed E-state index contributed by atoms with van der Waals surface area (Å²) in [6.45, 7) is 7.18. The van der Waals surface area contributed by atoms with Gasteiger partial charge in [-0.1, -0.05) is 58.9 Å². The van der Waals surface area contributed by atoms with Crippen LogP contribution in [0.25, 0.3) is 0 Å². The van der Waals surface area contributed by atoms with Gasteiger partial charge in [0.15, 0.2) is 0 Å². The third-order valence-electron chi connectivity index (χ3n) is 4.31. The lowest BCUT2D eigenvalue weighted by Gasteiger charge is -2.15. The highest BCUT2D eigenvalue weighted by molar-refractivity contribution is 5.95. The highest BCUT2D eigenvalue weighted by atomic mass is 16.5. The van der Waals surface area contributed by atoms with Crippen molar-refractivity contribution in [3.8, 4) is 0 Å². The second-order valence-electron chi connectivity index (χ2n) is 6.44. The summed E-state index contributed by atoms with van der Waals surface area (Å²) in [5.41, 5.74) is 0.786. The predicted octanol–water partition coefficient (Wildman–Crippen LogP) is 5.41. The molecule has 0 aliphatic rings. The molecule has 0 radical (unpaired) electrons. The lowest BCUT2D eigenvalue weighted by Crippen LogP contribution is -2.15. The molecular weight excluding hydrogens is 316 g/mol.